The fourth-order valence-corrected chi connectivity index (χ4v) is 4.33. The van der Waals surface area contributed by atoms with Crippen LogP contribution in [0.2, 0.25) is 0 Å². The molecule has 0 aromatic carbocycles. The Hall–Kier alpha value is -2.91. The monoisotopic (exact) mass is 408 g/mol. The van der Waals surface area contributed by atoms with Gasteiger partial charge in [0.15, 0.2) is 10.8 Å². The minimum atomic E-state index is -0.575. The highest BCUT2D eigenvalue weighted by molar-refractivity contribution is 7.22. The first kappa shape index (κ1) is 18.1. The first-order valence-corrected chi connectivity index (χ1v) is 10.5. The van der Waals surface area contributed by atoms with E-state index in [2.05, 4.69) is 25.5 Å². The highest BCUT2D eigenvalue weighted by atomic mass is 32.1. The van der Waals surface area contributed by atoms with Gasteiger partial charge in [0.2, 0.25) is 5.91 Å². The third-order valence-electron chi connectivity index (χ3n) is 5.25. The highest BCUT2D eigenvalue weighted by Gasteiger charge is 2.30. The Kier molecular flexibility index (Phi) is 4.29. The Morgan fingerprint density at radius 1 is 1.38 bits per heavy atom. The lowest BCUT2D eigenvalue weighted by atomic mass is 10.0. The van der Waals surface area contributed by atoms with Crippen molar-refractivity contribution in [3.05, 3.63) is 35.9 Å². The van der Waals surface area contributed by atoms with Gasteiger partial charge in [-0.15, -0.1) is 10.2 Å². The van der Waals surface area contributed by atoms with Crippen molar-refractivity contribution in [2.24, 2.45) is 5.92 Å². The molecule has 0 unspecified atom stereocenters. The van der Waals surface area contributed by atoms with Gasteiger partial charge in [-0.25, -0.2) is 4.98 Å². The molecule has 0 spiro atoms. The fraction of sp³-hybridized carbons (Fsp3) is 0.350. The summed E-state index contributed by atoms with van der Waals surface area (Å²) in [5.41, 5.74) is 4.89. The topological polar surface area (TPSA) is 105 Å². The van der Waals surface area contributed by atoms with Crippen molar-refractivity contribution in [1.29, 1.82) is 0 Å². The van der Waals surface area contributed by atoms with Crippen LogP contribution in [-0.2, 0) is 4.79 Å². The number of carbonyl (C=O) groups is 1. The molecule has 2 N–H and O–H groups in total. The van der Waals surface area contributed by atoms with Crippen molar-refractivity contribution in [2.75, 3.05) is 5.32 Å². The number of hydrogen-bond donors (Lipinski definition) is 2. The molecule has 1 amide bonds. The summed E-state index contributed by atoms with van der Waals surface area (Å²) >= 11 is 1.41. The van der Waals surface area contributed by atoms with Crippen molar-refractivity contribution >= 4 is 38.4 Å². The Balaban J connectivity index is 1.62. The van der Waals surface area contributed by atoms with E-state index >= 15 is 0 Å². The molecule has 0 radical (unpaired) electrons. The van der Waals surface area contributed by atoms with Gasteiger partial charge in [0, 0.05) is 23.2 Å². The Morgan fingerprint density at radius 3 is 2.93 bits per heavy atom. The number of carbonyl (C=O) groups excluding carboxylic acids is 1. The lowest BCUT2D eigenvalue weighted by Crippen LogP contribution is -2.12. The number of aryl methyl sites for hydroxylation is 1. The molecule has 9 heteroatoms. The summed E-state index contributed by atoms with van der Waals surface area (Å²) in [6.45, 7) is 3.91. The SMILES string of the molecule is CC[C@@H](O)c1cc(C)c(-c2cc3nc(NC(=O)C4CC4)sc3n3cnnc23)cn1. The number of hydrogen-bond acceptors (Lipinski definition) is 7. The van der Waals surface area contributed by atoms with Crippen LogP contribution in [0.15, 0.2) is 24.7 Å². The van der Waals surface area contributed by atoms with E-state index in [1.807, 2.05) is 30.4 Å². The molecular weight excluding hydrogens is 388 g/mol. The highest BCUT2D eigenvalue weighted by Crippen LogP contribution is 2.36. The lowest BCUT2D eigenvalue weighted by molar-refractivity contribution is -0.117. The minimum Gasteiger partial charge on any atom is -0.387 e. The normalized spacial score (nSPS) is 15.1. The molecule has 1 atom stereocenters. The molecule has 4 aromatic rings. The molecule has 1 saturated carbocycles. The third kappa shape index (κ3) is 3.16. The minimum absolute atomic E-state index is 0.0365. The Labute approximate surface area is 170 Å². The van der Waals surface area contributed by atoms with Gasteiger partial charge in [-0.05, 0) is 43.9 Å². The smallest absolute Gasteiger partial charge is 0.229 e. The van der Waals surface area contributed by atoms with Crippen molar-refractivity contribution in [3.63, 3.8) is 0 Å². The molecule has 29 heavy (non-hydrogen) atoms. The molecule has 0 aliphatic heterocycles. The quantitative estimate of drug-likeness (QED) is 0.524. The predicted molar refractivity (Wildman–Crippen MR) is 111 cm³/mol. The molecular formula is C20H20N6O2S. The van der Waals surface area contributed by atoms with E-state index in [1.165, 1.54) is 11.3 Å². The number of thiazole rings is 1. The van der Waals surface area contributed by atoms with Gasteiger partial charge in [-0.1, -0.05) is 18.3 Å². The third-order valence-corrected chi connectivity index (χ3v) is 6.24. The first-order valence-electron chi connectivity index (χ1n) is 9.64. The van der Waals surface area contributed by atoms with Crippen molar-refractivity contribution in [2.45, 2.75) is 39.2 Å². The van der Waals surface area contributed by atoms with Crippen LogP contribution >= 0.6 is 11.3 Å². The van der Waals surface area contributed by atoms with E-state index < -0.39 is 6.10 Å². The number of aromatic nitrogens is 5. The Morgan fingerprint density at radius 2 is 2.21 bits per heavy atom. The number of fused-ring (bicyclic) bond motifs is 3. The maximum atomic E-state index is 12.1. The van der Waals surface area contributed by atoms with Crippen LogP contribution in [0.5, 0.6) is 0 Å². The molecule has 4 aromatic heterocycles. The molecule has 1 aliphatic rings. The van der Waals surface area contributed by atoms with Crippen LogP contribution in [-0.4, -0.2) is 35.6 Å². The van der Waals surface area contributed by atoms with Gasteiger partial charge >= 0.3 is 0 Å². The lowest BCUT2D eigenvalue weighted by Gasteiger charge is -2.12. The summed E-state index contributed by atoms with van der Waals surface area (Å²) in [5, 5.41) is 22.0. The summed E-state index contributed by atoms with van der Waals surface area (Å²) < 4.78 is 1.89. The van der Waals surface area contributed by atoms with Gasteiger partial charge in [-0.2, -0.15) is 0 Å². The van der Waals surface area contributed by atoms with Crippen LogP contribution in [0, 0.1) is 12.8 Å². The summed E-state index contributed by atoms with van der Waals surface area (Å²) in [6.07, 6.45) is 5.36. The number of nitrogens with one attached hydrogen (secondary N) is 1. The summed E-state index contributed by atoms with van der Waals surface area (Å²) in [6, 6.07) is 3.87. The average Bonchev–Trinajstić information content (AvgIpc) is 3.31. The zero-order chi connectivity index (χ0) is 20.1. The number of nitrogens with zero attached hydrogens (tertiary/aromatic N) is 5. The molecule has 1 aliphatic carbocycles. The second-order valence-electron chi connectivity index (χ2n) is 7.40. The van der Waals surface area contributed by atoms with Gasteiger partial charge in [-0.3, -0.25) is 14.2 Å². The van der Waals surface area contributed by atoms with Gasteiger partial charge < -0.3 is 10.4 Å². The largest absolute Gasteiger partial charge is 0.387 e. The average molecular weight is 408 g/mol. The van der Waals surface area contributed by atoms with Crippen LogP contribution in [0.4, 0.5) is 5.13 Å². The number of amides is 1. The molecule has 0 saturated heterocycles. The second kappa shape index (κ2) is 6.85. The van der Waals surface area contributed by atoms with Crippen molar-refractivity contribution in [3.8, 4) is 11.1 Å². The number of aliphatic hydroxyl groups excluding tert-OH is 1. The molecule has 1 fully saturated rings. The predicted octanol–water partition coefficient (Wildman–Crippen LogP) is 3.50. The second-order valence-corrected chi connectivity index (χ2v) is 8.38. The van der Waals surface area contributed by atoms with Crippen LogP contribution in [0.25, 0.3) is 27.1 Å². The first-order chi connectivity index (χ1) is 14.0. The molecule has 4 heterocycles. The van der Waals surface area contributed by atoms with Crippen LogP contribution in [0.3, 0.4) is 0 Å². The number of aliphatic hydroxyl groups is 1. The summed E-state index contributed by atoms with van der Waals surface area (Å²) in [7, 11) is 0. The van der Waals surface area contributed by atoms with E-state index in [0.29, 0.717) is 22.9 Å². The number of anilines is 1. The Bertz CT molecular complexity index is 1240. The zero-order valence-electron chi connectivity index (χ0n) is 16.1. The van der Waals surface area contributed by atoms with E-state index in [9.17, 15) is 9.90 Å². The van der Waals surface area contributed by atoms with E-state index in [4.69, 9.17) is 0 Å². The maximum absolute atomic E-state index is 12.1. The van der Waals surface area contributed by atoms with Crippen LogP contribution < -0.4 is 5.32 Å². The summed E-state index contributed by atoms with van der Waals surface area (Å²) in [4.78, 5) is 22.0. The molecule has 0 bridgehead atoms. The standard InChI is InChI=1S/C20H20N6O2S/c1-3-16(27)14-6-10(2)13(8-21-14)12-7-15-19(26-9-22-25-17(12)26)29-20(23-15)24-18(28)11-4-5-11/h6-9,11,16,27H,3-5H2,1-2H3,(H,23,24,28)/t16-/m1/s1. The maximum Gasteiger partial charge on any atom is 0.229 e. The molecule has 148 valence electrons. The van der Waals surface area contributed by atoms with E-state index in [0.717, 1.165) is 39.9 Å². The van der Waals surface area contributed by atoms with Gasteiger partial charge in [0.1, 0.15) is 16.7 Å². The fourth-order valence-electron chi connectivity index (χ4n) is 3.41. The molecule has 8 nitrogen and oxygen atoms in total. The zero-order valence-corrected chi connectivity index (χ0v) is 16.9. The molecule has 5 rings (SSSR count). The summed E-state index contributed by atoms with van der Waals surface area (Å²) in [5.74, 6) is 0.160. The van der Waals surface area contributed by atoms with Crippen LogP contribution in [0.1, 0.15) is 43.5 Å². The van der Waals surface area contributed by atoms with E-state index in [1.54, 1.807) is 12.5 Å². The number of rotatable bonds is 5. The van der Waals surface area contributed by atoms with Crippen molar-refractivity contribution < 1.29 is 9.90 Å². The van der Waals surface area contributed by atoms with Crippen molar-refractivity contribution in [1.82, 2.24) is 24.6 Å². The van der Waals surface area contributed by atoms with E-state index in [-0.39, 0.29) is 11.8 Å². The van der Waals surface area contributed by atoms with Gasteiger partial charge in [0.25, 0.3) is 0 Å². The van der Waals surface area contributed by atoms with Gasteiger partial charge in [0.05, 0.1) is 11.8 Å². The number of pyridine rings is 2.